The molecule has 1 amide bonds. The van der Waals surface area contributed by atoms with Crippen LogP contribution in [0.1, 0.15) is 26.3 Å². The molecule has 0 radical (unpaired) electrons. The Hall–Kier alpha value is -2.14. The van der Waals surface area contributed by atoms with E-state index in [1.807, 2.05) is 0 Å². The number of amides is 1. The third kappa shape index (κ3) is 2.88. The first-order chi connectivity index (χ1) is 9.50. The molecule has 0 aliphatic heterocycles. The van der Waals surface area contributed by atoms with E-state index in [0.29, 0.717) is 21.3 Å². The van der Waals surface area contributed by atoms with Crippen molar-refractivity contribution in [1.29, 1.82) is 0 Å². The van der Waals surface area contributed by atoms with Crippen LogP contribution in [0.4, 0.5) is 5.69 Å². The highest BCUT2D eigenvalue weighted by atomic mass is 79.9. The Kier molecular flexibility index (Phi) is 4.20. The maximum Gasteiger partial charge on any atom is 0.338 e. The van der Waals surface area contributed by atoms with Crippen molar-refractivity contribution in [2.45, 2.75) is 6.92 Å². The lowest BCUT2D eigenvalue weighted by Crippen LogP contribution is -2.16. The van der Waals surface area contributed by atoms with Crippen LogP contribution in [-0.4, -0.2) is 17.0 Å². The monoisotopic (exact) mass is 333 g/mol. The minimum atomic E-state index is -1.06. The largest absolute Gasteiger partial charge is 0.478 e. The van der Waals surface area contributed by atoms with Crippen molar-refractivity contribution in [2.24, 2.45) is 0 Å². The zero-order chi connectivity index (χ0) is 14.7. The third-order valence-electron chi connectivity index (χ3n) is 2.85. The number of rotatable bonds is 3. The number of carbonyl (C=O) groups is 2. The Morgan fingerprint density at radius 1 is 1.10 bits per heavy atom. The predicted octanol–water partition coefficient (Wildman–Crippen LogP) is 3.71. The van der Waals surface area contributed by atoms with Gasteiger partial charge in [-0.3, -0.25) is 4.79 Å². The molecule has 102 valence electrons. The maximum atomic E-state index is 12.2. The second kappa shape index (κ2) is 5.88. The van der Waals surface area contributed by atoms with Gasteiger partial charge >= 0.3 is 5.97 Å². The molecule has 0 fully saturated rings. The van der Waals surface area contributed by atoms with E-state index in [1.54, 1.807) is 49.4 Å². The molecule has 20 heavy (non-hydrogen) atoms. The van der Waals surface area contributed by atoms with Crippen LogP contribution in [0.15, 0.2) is 46.9 Å². The minimum Gasteiger partial charge on any atom is -0.478 e. The number of nitrogens with one attached hydrogen (secondary N) is 1. The van der Waals surface area contributed by atoms with Gasteiger partial charge in [-0.05, 0) is 46.6 Å². The lowest BCUT2D eigenvalue weighted by molar-refractivity contribution is 0.0697. The van der Waals surface area contributed by atoms with Crippen molar-refractivity contribution in [3.63, 3.8) is 0 Å². The number of hydrogen-bond acceptors (Lipinski definition) is 2. The lowest BCUT2D eigenvalue weighted by Gasteiger charge is -2.11. The number of aryl methyl sites for hydroxylation is 1. The quantitative estimate of drug-likeness (QED) is 0.899. The van der Waals surface area contributed by atoms with E-state index < -0.39 is 5.97 Å². The number of benzene rings is 2. The zero-order valence-corrected chi connectivity index (χ0v) is 12.3. The average Bonchev–Trinajstić information content (AvgIpc) is 2.38. The van der Waals surface area contributed by atoms with Gasteiger partial charge in [0.2, 0.25) is 0 Å². The highest BCUT2D eigenvalue weighted by Gasteiger charge is 2.16. The van der Waals surface area contributed by atoms with E-state index >= 15 is 0 Å². The Labute approximate surface area is 124 Å². The molecule has 0 spiro atoms. The van der Waals surface area contributed by atoms with Crippen LogP contribution in [0.3, 0.4) is 0 Å². The highest BCUT2D eigenvalue weighted by Crippen LogP contribution is 2.22. The minimum absolute atomic E-state index is 0.105. The second-order valence-electron chi connectivity index (χ2n) is 4.24. The molecule has 2 aromatic rings. The molecule has 0 unspecified atom stereocenters. The molecule has 5 heteroatoms. The van der Waals surface area contributed by atoms with Gasteiger partial charge in [-0.15, -0.1) is 0 Å². The summed E-state index contributed by atoms with van der Waals surface area (Å²) >= 11 is 3.30. The lowest BCUT2D eigenvalue weighted by atomic mass is 10.1. The Bertz CT molecular complexity index is 683. The summed E-state index contributed by atoms with van der Waals surface area (Å²) in [5, 5.41) is 11.9. The molecule has 0 aliphatic carbocycles. The normalized spacial score (nSPS) is 10.1. The molecule has 0 saturated carbocycles. The van der Waals surface area contributed by atoms with E-state index in [9.17, 15) is 14.7 Å². The van der Waals surface area contributed by atoms with Crippen molar-refractivity contribution in [2.75, 3.05) is 5.32 Å². The number of halogens is 1. The van der Waals surface area contributed by atoms with Crippen LogP contribution in [0, 0.1) is 6.92 Å². The molecular weight excluding hydrogens is 322 g/mol. The van der Waals surface area contributed by atoms with Gasteiger partial charge in [0.25, 0.3) is 5.91 Å². The molecule has 0 aliphatic rings. The molecule has 2 N–H and O–H groups in total. The van der Waals surface area contributed by atoms with Gasteiger partial charge in [-0.2, -0.15) is 0 Å². The fraction of sp³-hybridized carbons (Fsp3) is 0.0667. The molecule has 0 heterocycles. The summed E-state index contributed by atoms with van der Waals surface area (Å²) in [6, 6.07) is 11.9. The van der Waals surface area contributed by atoms with Crippen LogP contribution in [0.25, 0.3) is 0 Å². The third-order valence-corrected chi connectivity index (χ3v) is 3.54. The molecule has 0 atom stereocenters. The number of hydrogen-bond donors (Lipinski definition) is 2. The summed E-state index contributed by atoms with van der Waals surface area (Å²) < 4.78 is 0.655. The van der Waals surface area contributed by atoms with Gasteiger partial charge in [0.15, 0.2) is 0 Å². The maximum absolute atomic E-state index is 12.2. The van der Waals surface area contributed by atoms with Crippen LogP contribution in [0.5, 0.6) is 0 Å². The van der Waals surface area contributed by atoms with Gasteiger partial charge in [-0.1, -0.05) is 24.3 Å². The van der Waals surface area contributed by atoms with Crippen LogP contribution < -0.4 is 5.32 Å². The van der Waals surface area contributed by atoms with E-state index in [0.717, 1.165) is 0 Å². The first kappa shape index (κ1) is 14.3. The van der Waals surface area contributed by atoms with E-state index in [4.69, 9.17) is 0 Å². The summed E-state index contributed by atoms with van der Waals surface area (Å²) in [6.45, 7) is 1.69. The number of aromatic carboxylic acids is 1. The van der Waals surface area contributed by atoms with Crippen LogP contribution in [0.2, 0.25) is 0 Å². The van der Waals surface area contributed by atoms with Crippen molar-refractivity contribution < 1.29 is 14.7 Å². The summed E-state index contributed by atoms with van der Waals surface area (Å²) in [5.41, 5.74) is 1.44. The number of carboxylic acid groups (broad SMARTS) is 1. The Morgan fingerprint density at radius 2 is 1.80 bits per heavy atom. The highest BCUT2D eigenvalue weighted by molar-refractivity contribution is 9.10. The molecule has 2 rings (SSSR count). The fourth-order valence-corrected chi connectivity index (χ4v) is 2.36. The Morgan fingerprint density at radius 3 is 2.45 bits per heavy atom. The smallest absolute Gasteiger partial charge is 0.338 e. The van der Waals surface area contributed by atoms with Crippen LogP contribution >= 0.6 is 15.9 Å². The van der Waals surface area contributed by atoms with Crippen molar-refractivity contribution in [3.8, 4) is 0 Å². The molecule has 0 aromatic heterocycles. The van der Waals surface area contributed by atoms with Gasteiger partial charge in [-0.25, -0.2) is 4.79 Å². The zero-order valence-electron chi connectivity index (χ0n) is 10.7. The second-order valence-corrected chi connectivity index (χ2v) is 5.09. The molecule has 0 bridgehead atoms. The summed E-state index contributed by atoms with van der Waals surface area (Å²) in [6.07, 6.45) is 0. The number of carboxylic acids is 1. The van der Waals surface area contributed by atoms with E-state index in [-0.39, 0.29) is 11.5 Å². The first-order valence-electron chi connectivity index (χ1n) is 5.89. The van der Waals surface area contributed by atoms with Crippen molar-refractivity contribution >= 4 is 33.5 Å². The van der Waals surface area contributed by atoms with E-state index in [1.165, 1.54) is 0 Å². The molecule has 0 saturated heterocycles. The number of anilines is 1. The Balaban J connectivity index is 2.36. The molecular formula is C15H12BrNO3. The molecule has 2 aromatic carbocycles. The average molecular weight is 334 g/mol. The van der Waals surface area contributed by atoms with Crippen molar-refractivity contribution in [3.05, 3.63) is 63.6 Å². The first-order valence-corrected chi connectivity index (χ1v) is 6.69. The number of carbonyl (C=O) groups excluding carboxylic acids is 1. The van der Waals surface area contributed by atoms with Crippen molar-refractivity contribution in [1.82, 2.24) is 0 Å². The predicted molar refractivity (Wildman–Crippen MR) is 80.2 cm³/mol. The van der Waals surface area contributed by atoms with Gasteiger partial charge in [0.05, 0.1) is 16.8 Å². The van der Waals surface area contributed by atoms with Gasteiger partial charge < -0.3 is 10.4 Å². The summed E-state index contributed by atoms with van der Waals surface area (Å²) in [5.74, 6) is -1.42. The molecule has 4 nitrogen and oxygen atoms in total. The summed E-state index contributed by atoms with van der Waals surface area (Å²) in [7, 11) is 0. The van der Waals surface area contributed by atoms with Gasteiger partial charge in [0, 0.05) is 4.47 Å². The van der Waals surface area contributed by atoms with E-state index in [2.05, 4.69) is 21.2 Å². The summed E-state index contributed by atoms with van der Waals surface area (Å²) in [4.78, 5) is 23.5. The van der Waals surface area contributed by atoms with Crippen LogP contribution in [-0.2, 0) is 0 Å². The fourth-order valence-electron chi connectivity index (χ4n) is 1.89. The topological polar surface area (TPSA) is 66.4 Å². The standard InChI is InChI=1S/C15H12BrNO3/c1-9-5-4-8-12(13(9)15(19)20)17-14(18)10-6-2-3-7-11(10)16/h2-8H,1H3,(H,17,18)(H,19,20). The SMILES string of the molecule is Cc1cccc(NC(=O)c2ccccc2Br)c1C(=O)O. The van der Waals surface area contributed by atoms with Gasteiger partial charge in [0.1, 0.15) is 0 Å².